The summed E-state index contributed by atoms with van der Waals surface area (Å²) >= 11 is 0. The van der Waals surface area contributed by atoms with Gasteiger partial charge in [-0.1, -0.05) is 30.4 Å². The molecule has 0 saturated carbocycles. The van der Waals surface area contributed by atoms with Gasteiger partial charge in [-0.25, -0.2) is 9.48 Å². The fraction of sp³-hybridized carbons (Fsp3) is 0.250. The molecule has 154 valence electrons. The van der Waals surface area contributed by atoms with Gasteiger partial charge in [-0.3, -0.25) is 0 Å². The second-order valence-corrected chi connectivity index (χ2v) is 7.49. The molecular formula is C24H26N4O2. The van der Waals surface area contributed by atoms with Crippen LogP contribution in [0.2, 0.25) is 0 Å². The maximum atomic E-state index is 12.3. The van der Waals surface area contributed by atoms with Crippen LogP contribution in [0.1, 0.15) is 29.3 Å². The molecule has 2 amide bonds. The number of urea groups is 1. The van der Waals surface area contributed by atoms with E-state index in [4.69, 9.17) is 9.84 Å². The minimum atomic E-state index is -0.195. The summed E-state index contributed by atoms with van der Waals surface area (Å²) in [6.45, 7) is 4.13. The zero-order valence-electron chi connectivity index (χ0n) is 17.4. The van der Waals surface area contributed by atoms with E-state index in [1.54, 1.807) is 7.11 Å². The molecule has 0 aliphatic heterocycles. The van der Waals surface area contributed by atoms with Crippen molar-refractivity contribution >= 4 is 11.7 Å². The third-order valence-corrected chi connectivity index (χ3v) is 5.47. The summed E-state index contributed by atoms with van der Waals surface area (Å²) in [5, 5.41) is 10.7. The smallest absolute Gasteiger partial charge is 0.319 e. The van der Waals surface area contributed by atoms with Crippen molar-refractivity contribution in [2.45, 2.75) is 32.2 Å². The number of carbonyl (C=O) groups is 1. The number of benzene rings is 2. The number of para-hydroxylation sites is 1. The largest absolute Gasteiger partial charge is 0.497 e. The first kappa shape index (κ1) is 19.8. The number of amides is 2. The Morgan fingerprint density at radius 3 is 2.50 bits per heavy atom. The third-order valence-electron chi connectivity index (χ3n) is 5.47. The lowest BCUT2D eigenvalue weighted by atomic mass is 9.96. The Kier molecular flexibility index (Phi) is 5.57. The molecule has 1 aliphatic rings. The number of aromatic nitrogens is 2. The van der Waals surface area contributed by atoms with Crippen molar-refractivity contribution in [2.24, 2.45) is 0 Å². The van der Waals surface area contributed by atoms with Crippen molar-refractivity contribution in [2.75, 3.05) is 12.4 Å². The molecule has 1 aromatic heterocycles. The van der Waals surface area contributed by atoms with Crippen LogP contribution in [0, 0.1) is 13.8 Å². The molecule has 2 atom stereocenters. The fourth-order valence-corrected chi connectivity index (χ4v) is 4.04. The average molecular weight is 402 g/mol. The molecule has 0 saturated heterocycles. The first-order chi connectivity index (χ1) is 14.5. The number of aryl methyl sites for hydroxylation is 1. The summed E-state index contributed by atoms with van der Waals surface area (Å²) in [4.78, 5) is 12.3. The van der Waals surface area contributed by atoms with Gasteiger partial charge in [0.1, 0.15) is 5.75 Å². The summed E-state index contributed by atoms with van der Waals surface area (Å²) < 4.78 is 7.22. The van der Waals surface area contributed by atoms with Crippen LogP contribution >= 0.6 is 0 Å². The molecule has 6 nitrogen and oxygen atoms in total. The first-order valence-electron chi connectivity index (χ1n) is 10.1. The fourth-order valence-electron chi connectivity index (χ4n) is 4.04. The molecular weight excluding hydrogens is 376 g/mol. The number of nitrogens with zero attached hydrogens (tertiary/aromatic N) is 2. The zero-order valence-corrected chi connectivity index (χ0v) is 17.4. The van der Waals surface area contributed by atoms with Crippen molar-refractivity contribution in [3.63, 3.8) is 0 Å². The van der Waals surface area contributed by atoms with Crippen molar-refractivity contribution in [3.05, 3.63) is 83.7 Å². The lowest BCUT2D eigenvalue weighted by Crippen LogP contribution is -2.36. The third kappa shape index (κ3) is 4.08. The van der Waals surface area contributed by atoms with Crippen molar-refractivity contribution in [3.8, 4) is 11.4 Å². The highest BCUT2D eigenvalue weighted by molar-refractivity contribution is 5.89. The van der Waals surface area contributed by atoms with Crippen LogP contribution in [0.3, 0.4) is 0 Å². The Balaban J connectivity index is 1.44. The van der Waals surface area contributed by atoms with E-state index in [0.29, 0.717) is 0 Å². The van der Waals surface area contributed by atoms with Crippen LogP contribution in [-0.4, -0.2) is 29.0 Å². The predicted octanol–water partition coefficient (Wildman–Crippen LogP) is 4.73. The van der Waals surface area contributed by atoms with E-state index in [2.05, 4.69) is 29.7 Å². The molecule has 4 rings (SSSR count). The van der Waals surface area contributed by atoms with Crippen molar-refractivity contribution < 1.29 is 9.53 Å². The lowest BCUT2D eigenvalue weighted by Gasteiger charge is -2.15. The van der Waals surface area contributed by atoms with Gasteiger partial charge in [0.15, 0.2) is 0 Å². The monoisotopic (exact) mass is 402 g/mol. The summed E-state index contributed by atoms with van der Waals surface area (Å²) in [6, 6.07) is 17.1. The summed E-state index contributed by atoms with van der Waals surface area (Å²) in [7, 11) is 1.66. The number of carbonyl (C=O) groups excluding carboxylic acids is 1. The molecule has 0 bridgehead atoms. The molecule has 30 heavy (non-hydrogen) atoms. The minimum absolute atomic E-state index is 0.0122. The highest BCUT2D eigenvalue weighted by atomic mass is 16.5. The van der Waals surface area contributed by atoms with Crippen molar-refractivity contribution in [1.82, 2.24) is 15.1 Å². The number of rotatable bonds is 5. The van der Waals surface area contributed by atoms with E-state index < -0.39 is 0 Å². The van der Waals surface area contributed by atoms with Crippen LogP contribution in [-0.2, 0) is 0 Å². The number of methoxy groups -OCH3 is 1. The Morgan fingerprint density at radius 2 is 1.80 bits per heavy atom. The molecule has 0 fully saturated rings. The molecule has 1 heterocycles. The summed E-state index contributed by atoms with van der Waals surface area (Å²) in [6.07, 6.45) is 5.06. The number of hydrogen-bond donors (Lipinski definition) is 2. The average Bonchev–Trinajstić information content (AvgIpc) is 3.32. The minimum Gasteiger partial charge on any atom is -0.497 e. The lowest BCUT2D eigenvalue weighted by molar-refractivity contribution is 0.250. The van der Waals surface area contributed by atoms with E-state index in [1.165, 1.54) is 5.56 Å². The van der Waals surface area contributed by atoms with Gasteiger partial charge >= 0.3 is 6.03 Å². The van der Waals surface area contributed by atoms with Gasteiger partial charge in [0.25, 0.3) is 0 Å². The predicted molar refractivity (Wildman–Crippen MR) is 118 cm³/mol. The molecule has 0 unspecified atom stereocenters. The van der Waals surface area contributed by atoms with Gasteiger partial charge in [0, 0.05) is 28.9 Å². The van der Waals surface area contributed by atoms with Gasteiger partial charge in [-0.2, -0.15) is 5.10 Å². The number of nitrogens with one attached hydrogen (secondary N) is 2. The molecule has 0 spiro atoms. The molecule has 3 aromatic rings. The van der Waals surface area contributed by atoms with Crippen LogP contribution in [0.15, 0.2) is 66.7 Å². The number of hydrogen-bond acceptors (Lipinski definition) is 3. The Bertz CT molecular complexity index is 1050. The first-order valence-corrected chi connectivity index (χ1v) is 10.1. The summed E-state index contributed by atoms with van der Waals surface area (Å²) in [5.74, 6) is 1.04. The van der Waals surface area contributed by atoms with Crippen LogP contribution in [0.25, 0.3) is 5.69 Å². The summed E-state index contributed by atoms with van der Waals surface area (Å²) in [5.41, 5.74) is 5.12. The van der Waals surface area contributed by atoms with Gasteiger partial charge in [0.05, 0.1) is 18.5 Å². The van der Waals surface area contributed by atoms with Gasteiger partial charge in [-0.05, 0) is 56.7 Å². The molecule has 2 aromatic carbocycles. The van der Waals surface area contributed by atoms with Crippen LogP contribution in [0.4, 0.5) is 10.5 Å². The zero-order chi connectivity index (χ0) is 21.1. The molecule has 2 N–H and O–H groups in total. The number of anilines is 1. The highest BCUT2D eigenvalue weighted by Crippen LogP contribution is 2.34. The van der Waals surface area contributed by atoms with E-state index in [-0.39, 0.29) is 18.0 Å². The van der Waals surface area contributed by atoms with Crippen LogP contribution in [0.5, 0.6) is 5.75 Å². The molecule has 0 radical (unpaired) electrons. The van der Waals surface area contributed by atoms with E-state index in [1.807, 2.05) is 66.2 Å². The maximum absolute atomic E-state index is 12.3. The van der Waals surface area contributed by atoms with Gasteiger partial charge < -0.3 is 15.4 Å². The Morgan fingerprint density at radius 1 is 1.07 bits per heavy atom. The molecule has 6 heteroatoms. The normalized spacial score (nSPS) is 17.7. The van der Waals surface area contributed by atoms with E-state index >= 15 is 0 Å². The van der Waals surface area contributed by atoms with E-state index in [9.17, 15) is 4.79 Å². The molecule has 1 aliphatic carbocycles. The number of allylic oxidation sites excluding steroid dienone is 1. The topological polar surface area (TPSA) is 68.2 Å². The maximum Gasteiger partial charge on any atom is 0.319 e. The van der Waals surface area contributed by atoms with Gasteiger partial charge in [0.2, 0.25) is 0 Å². The quantitative estimate of drug-likeness (QED) is 0.606. The number of ether oxygens (including phenoxy) is 1. The Hall–Kier alpha value is -3.54. The standard InChI is InChI=1S/C24H26N4O2/c1-16-23(17(2)28(27-16)21-11-13-22(30-3)14-12-21)18-9-10-20(15-18)26-24(29)25-19-7-5-4-6-8-19/h4-14,18,20H,15H2,1-3H3,(H2,25,26,29)/t18-,20-/m1/s1. The highest BCUT2D eigenvalue weighted by Gasteiger charge is 2.27. The van der Waals surface area contributed by atoms with Crippen LogP contribution < -0.4 is 15.4 Å². The SMILES string of the molecule is COc1ccc(-n2nc(C)c([C@@H]3C=C[C@@H](NC(=O)Nc4ccccc4)C3)c2C)cc1. The second kappa shape index (κ2) is 8.45. The van der Waals surface area contributed by atoms with Gasteiger partial charge in [-0.15, -0.1) is 0 Å². The van der Waals surface area contributed by atoms with Crippen molar-refractivity contribution in [1.29, 1.82) is 0 Å². The van der Waals surface area contributed by atoms with E-state index in [0.717, 1.165) is 34.9 Å². The second-order valence-electron chi connectivity index (χ2n) is 7.49. The Labute approximate surface area is 176 Å².